The Labute approximate surface area is 141 Å². The number of nitrogens with two attached hydrogens (primary N) is 1. The fourth-order valence-corrected chi connectivity index (χ4v) is 1.90. The first-order chi connectivity index (χ1) is 10.6. The number of pyridine rings is 1. The van der Waals surface area contributed by atoms with E-state index in [1.165, 1.54) is 0 Å². The minimum atomic E-state index is -0.0703. The number of hydrogen-bond donors (Lipinski definition) is 3. The molecule has 0 saturated heterocycles. The Morgan fingerprint density at radius 3 is 2.48 bits per heavy atom. The molecule has 0 fully saturated rings. The number of hydrogen-bond acceptors (Lipinski definition) is 4. The Bertz CT molecular complexity index is 647. The smallest absolute Gasteiger partial charge is 0.241 e. The molecule has 7 heteroatoms. The molecule has 5 N–H and O–H groups in total. The Morgan fingerprint density at radius 2 is 1.91 bits per heavy atom. The zero-order valence-corrected chi connectivity index (χ0v) is 13.9. The molecule has 0 spiro atoms. The van der Waals surface area contributed by atoms with Gasteiger partial charge in [-0.05, 0) is 23.8 Å². The molecular weight excluding hydrogens is 316 g/mol. The van der Waals surface area contributed by atoms with Crippen molar-refractivity contribution >= 4 is 23.2 Å². The zero-order chi connectivity index (χ0) is 15.9. The van der Waals surface area contributed by atoms with Gasteiger partial charge in [-0.15, -0.1) is 0 Å². The number of methoxy groups -OCH3 is 1. The van der Waals surface area contributed by atoms with Crippen LogP contribution in [0, 0.1) is 0 Å². The predicted octanol–water partition coefficient (Wildman–Crippen LogP) is -0.944. The molecule has 124 valence electrons. The number of carbonyl (C=O) groups is 1. The highest BCUT2D eigenvalue weighted by Gasteiger charge is 2.09. The van der Waals surface area contributed by atoms with E-state index >= 15 is 0 Å². The molecule has 0 radical (unpaired) electrons. The second-order valence-electron chi connectivity index (χ2n) is 4.80. The van der Waals surface area contributed by atoms with Gasteiger partial charge in [-0.3, -0.25) is 4.79 Å². The van der Waals surface area contributed by atoms with Crippen molar-refractivity contribution in [3.05, 3.63) is 42.0 Å². The maximum atomic E-state index is 11.4. The lowest BCUT2D eigenvalue weighted by Crippen LogP contribution is -3.00. The van der Waals surface area contributed by atoms with Gasteiger partial charge in [-0.1, -0.05) is 19.1 Å². The van der Waals surface area contributed by atoms with Crippen LogP contribution in [-0.2, 0) is 11.3 Å². The lowest BCUT2D eigenvalue weighted by molar-refractivity contribution is -0.342. The summed E-state index contributed by atoms with van der Waals surface area (Å²) in [7, 11) is 1.64. The van der Waals surface area contributed by atoms with Crippen molar-refractivity contribution < 1.29 is 26.9 Å². The van der Waals surface area contributed by atoms with Crippen LogP contribution in [0.1, 0.15) is 18.9 Å². The number of benzene rings is 1. The highest BCUT2D eigenvalue weighted by molar-refractivity contribution is 5.92. The molecule has 23 heavy (non-hydrogen) atoms. The highest BCUT2D eigenvalue weighted by atomic mass is 35.5. The fraction of sp³-hybridized carbons (Fsp3) is 0.250. The van der Waals surface area contributed by atoms with E-state index in [1.54, 1.807) is 20.1 Å². The molecule has 2 rings (SSSR count). The highest BCUT2D eigenvalue weighted by Crippen LogP contribution is 2.16. The van der Waals surface area contributed by atoms with E-state index in [-0.39, 0.29) is 18.3 Å². The van der Waals surface area contributed by atoms with E-state index in [0.717, 1.165) is 17.1 Å². The summed E-state index contributed by atoms with van der Waals surface area (Å²) in [6, 6.07) is 11.4. The first kappa shape index (κ1) is 18.6. The van der Waals surface area contributed by atoms with Crippen LogP contribution in [0.25, 0.3) is 0 Å². The van der Waals surface area contributed by atoms with Crippen molar-refractivity contribution in [2.75, 3.05) is 23.5 Å². The Balaban J connectivity index is 0.00000264. The Kier molecular flexibility index (Phi) is 7.15. The third-order valence-electron chi connectivity index (χ3n) is 3.21. The molecular formula is C16H21ClN4O2. The summed E-state index contributed by atoms with van der Waals surface area (Å²) in [5.41, 5.74) is 7.61. The van der Waals surface area contributed by atoms with Crippen LogP contribution in [-0.4, -0.2) is 13.0 Å². The summed E-state index contributed by atoms with van der Waals surface area (Å²) in [6.07, 6.45) is 0.414. The van der Waals surface area contributed by atoms with Crippen LogP contribution >= 0.6 is 0 Å². The van der Waals surface area contributed by atoms with Gasteiger partial charge >= 0.3 is 0 Å². The molecule has 0 aliphatic heterocycles. The van der Waals surface area contributed by atoms with Gasteiger partial charge in [0.2, 0.25) is 17.5 Å². The third-order valence-corrected chi connectivity index (χ3v) is 3.21. The maximum Gasteiger partial charge on any atom is 0.241 e. The molecule has 0 unspecified atom stereocenters. The van der Waals surface area contributed by atoms with Gasteiger partial charge in [-0.25, -0.2) is 4.98 Å². The molecule has 2 aromatic rings. The molecule has 0 aliphatic rings. The number of ether oxygens (including phenoxy) is 1. The number of nitrogens with one attached hydrogen (secondary N) is 3. The summed E-state index contributed by atoms with van der Waals surface area (Å²) in [5.74, 6) is 1.96. The summed E-state index contributed by atoms with van der Waals surface area (Å²) in [5, 5.41) is 5.98. The van der Waals surface area contributed by atoms with Crippen molar-refractivity contribution in [3.8, 4) is 5.75 Å². The first-order valence-electron chi connectivity index (χ1n) is 7.10. The second kappa shape index (κ2) is 8.85. The Morgan fingerprint density at radius 1 is 1.22 bits per heavy atom. The maximum absolute atomic E-state index is 11.4. The SMILES string of the molecule is CCC(=O)Nc1ccc(NCc2ccc(OC)cc2)[nH+]c1N.[Cl-]. The van der Waals surface area contributed by atoms with Crippen LogP contribution in [0.4, 0.5) is 17.3 Å². The molecule has 6 nitrogen and oxygen atoms in total. The molecule has 0 aliphatic carbocycles. The van der Waals surface area contributed by atoms with Crippen LogP contribution < -0.4 is 38.5 Å². The summed E-state index contributed by atoms with van der Waals surface area (Å²) in [4.78, 5) is 14.4. The Hall–Kier alpha value is -2.47. The van der Waals surface area contributed by atoms with E-state index in [2.05, 4.69) is 15.6 Å². The number of H-pyrrole nitrogens is 1. The summed E-state index contributed by atoms with van der Waals surface area (Å²) >= 11 is 0. The van der Waals surface area contributed by atoms with E-state index in [9.17, 15) is 4.79 Å². The molecule has 0 atom stereocenters. The largest absolute Gasteiger partial charge is 1.00 e. The first-order valence-corrected chi connectivity index (χ1v) is 7.10. The average Bonchev–Trinajstić information content (AvgIpc) is 2.55. The van der Waals surface area contributed by atoms with E-state index in [1.807, 2.05) is 30.3 Å². The number of anilines is 3. The van der Waals surface area contributed by atoms with Gasteiger partial charge < -0.3 is 33.5 Å². The van der Waals surface area contributed by atoms with E-state index in [0.29, 0.717) is 24.5 Å². The van der Waals surface area contributed by atoms with Gasteiger partial charge in [-0.2, -0.15) is 0 Å². The van der Waals surface area contributed by atoms with Crippen molar-refractivity contribution in [1.29, 1.82) is 0 Å². The average molecular weight is 337 g/mol. The predicted molar refractivity (Wildman–Crippen MR) is 86.7 cm³/mol. The lowest BCUT2D eigenvalue weighted by Gasteiger charge is -2.07. The van der Waals surface area contributed by atoms with Crippen molar-refractivity contribution in [1.82, 2.24) is 0 Å². The van der Waals surface area contributed by atoms with Gasteiger partial charge in [0, 0.05) is 12.5 Å². The molecule has 1 amide bonds. The van der Waals surface area contributed by atoms with Crippen LogP contribution in [0.15, 0.2) is 36.4 Å². The topological polar surface area (TPSA) is 90.5 Å². The summed E-state index contributed by atoms with van der Waals surface area (Å²) in [6.45, 7) is 2.45. The third kappa shape index (κ3) is 5.34. The number of halogens is 1. The molecule has 0 saturated carbocycles. The molecule has 1 aromatic carbocycles. The lowest BCUT2D eigenvalue weighted by atomic mass is 10.2. The van der Waals surface area contributed by atoms with Gasteiger partial charge in [0.25, 0.3) is 0 Å². The summed E-state index contributed by atoms with van der Waals surface area (Å²) < 4.78 is 5.12. The number of nitrogen functional groups attached to an aromatic ring is 1. The molecule has 1 aromatic heterocycles. The fourth-order valence-electron chi connectivity index (χ4n) is 1.90. The zero-order valence-electron chi connectivity index (χ0n) is 13.2. The van der Waals surface area contributed by atoms with Gasteiger partial charge in [0.05, 0.1) is 13.7 Å². The number of aromatic amines is 1. The minimum Gasteiger partial charge on any atom is -1.00 e. The van der Waals surface area contributed by atoms with Gasteiger partial charge in [0.1, 0.15) is 11.4 Å². The normalized spacial score (nSPS) is 9.65. The van der Waals surface area contributed by atoms with Crippen molar-refractivity contribution in [2.24, 2.45) is 0 Å². The van der Waals surface area contributed by atoms with E-state index in [4.69, 9.17) is 10.5 Å². The monoisotopic (exact) mass is 336 g/mol. The number of amides is 1. The van der Waals surface area contributed by atoms with Gasteiger partial charge in [0.15, 0.2) is 0 Å². The number of carbonyl (C=O) groups excluding carboxylic acids is 1. The van der Waals surface area contributed by atoms with Crippen molar-refractivity contribution in [2.45, 2.75) is 19.9 Å². The number of rotatable bonds is 6. The van der Waals surface area contributed by atoms with Crippen molar-refractivity contribution in [3.63, 3.8) is 0 Å². The number of aromatic nitrogens is 1. The molecule has 1 heterocycles. The standard InChI is InChI=1S/C16H20N4O2.ClH/c1-3-15(21)19-13-8-9-14(20-16(13)17)18-10-11-4-6-12(22-2)7-5-11;/h4-9H,3,10H2,1-2H3,(H,19,21)(H3,17,18,20);1H. The minimum absolute atomic E-state index is 0. The van der Waals surface area contributed by atoms with Crippen LogP contribution in [0.2, 0.25) is 0 Å². The van der Waals surface area contributed by atoms with E-state index < -0.39 is 0 Å². The van der Waals surface area contributed by atoms with Crippen LogP contribution in [0.5, 0.6) is 5.75 Å². The quantitative estimate of drug-likeness (QED) is 0.635. The second-order valence-corrected chi connectivity index (χ2v) is 4.80. The van der Waals surface area contributed by atoms with Crippen LogP contribution in [0.3, 0.4) is 0 Å². The molecule has 0 bridgehead atoms.